The smallest absolute Gasteiger partial charge is 0.287 e. The number of hydrogen-bond donors (Lipinski definition) is 2. The molecule has 16 heavy (non-hydrogen) atoms. The molecule has 6 nitrogen and oxygen atoms in total. The first-order chi connectivity index (χ1) is 7.58. The standard InChI is InChI=1S/C10H16N4O2/c1-3-8(5-11)13-10-7(2)4-9(6-12-10)14(15)16/h4,6,8H,3,5,11H2,1-2H3,(H,12,13). The number of hydrogen-bond acceptors (Lipinski definition) is 5. The first-order valence-corrected chi connectivity index (χ1v) is 5.16. The summed E-state index contributed by atoms with van der Waals surface area (Å²) in [7, 11) is 0. The lowest BCUT2D eigenvalue weighted by Gasteiger charge is -2.16. The molecule has 0 fully saturated rings. The summed E-state index contributed by atoms with van der Waals surface area (Å²) in [5, 5.41) is 13.7. The SMILES string of the molecule is CCC(CN)Nc1ncc([N+](=O)[O-])cc1C. The van der Waals surface area contributed by atoms with E-state index in [9.17, 15) is 10.1 Å². The molecule has 0 aliphatic heterocycles. The normalized spacial score (nSPS) is 12.2. The lowest BCUT2D eigenvalue weighted by Crippen LogP contribution is -2.28. The van der Waals surface area contributed by atoms with Gasteiger partial charge in [-0.05, 0) is 18.9 Å². The molecule has 0 amide bonds. The third-order valence-electron chi connectivity index (χ3n) is 2.39. The molecule has 6 heteroatoms. The number of nitrogens with one attached hydrogen (secondary N) is 1. The maximum Gasteiger partial charge on any atom is 0.287 e. The highest BCUT2D eigenvalue weighted by atomic mass is 16.6. The summed E-state index contributed by atoms with van der Waals surface area (Å²) in [4.78, 5) is 14.1. The molecule has 3 N–H and O–H groups in total. The van der Waals surface area contributed by atoms with Crippen molar-refractivity contribution in [1.82, 2.24) is 4.98 Å². The van der Waals surface area contributed by atoms with Gasteiger partial charge in [0.1, 0.15) is 12.0 Å². The zero-order valence-corrected chi connectivity index (χ0v) is 9.43. The predicted molar refractivity (Wildman–Crippen MR) is 62.4 cm³/mol. The highest BCUT2D eigenvalue weighted by Gasteiger charge is 2.11. The van der Waals surface area contributed by atoms with E-state index in [4.69, 9.17) is 5.73 Å². The second-order valence-electron chi connectivity index (χ2n) is 3.60. The number of rotatable bonds is 5. The molecule has 1 rings (SSSR count). The van der Waals surface area contributed by atoms with Gasteiger partial charge < -0.3 is 11.1 Å². The quantitative estimate of drug-likeness (QED) is 0.583. The van der Waals surface area contributed by atoms with Crippen molar-refractivity contribution in [2.24, 2.45) is 5.73 Å². The Morgan fingerprint density at radius 2 is 2.38 bits per heavy atom. The van der Waals surface area contributed by atoms with Crippen LogP contribution in [0.2, 0.25) is 0 Å². The second kappa shape index (κ2) is 5.41. The zero-order valence-electron chi connectivity index (χ0n) is 9.43. The van der Waals surface area contributed by atoms with Gasteiger partial charge in [-0.25, -0.2) is 4.98 Å². The molecule has 1 aromatic heterocycles. The third-order valence-corrected chi connectivity index (χ3v) is 2.39. The fourth-order valence-corrected chi connectivity index (χ4v) is 1.33. The average molecular weight is 224 g/mol. The van der Waals surface area contributed by atoms with E-state index in [-0.39, 0.29) is 11.7 Å². The van der Waals surface area contributed by atoms with Gasteiger partial charge in [-0.2, -0.15) is 0 Å². The molecule has 0 saturated carbocycles. The van der Waals surface area contributed by atoms with Gasteiger partial charge in [0.15, 0.2) is 0 Å². The molecule has 0 saturated heterocycles. The highest BCUT2D eigenvalue weighted by Crippen LogP contribution is 2.18. The molecule has 0 bridgehead atoms. The number of pyridine rings is 1. The molecule has 0 aromatic carbocycles. The lowest BCUT2D eigenvalue weighted by atomic mass is 10.2. The Morgan fingerprint density at radius 1 is 1.69 bits per heavy atom. The first-order valence-electron chi connectivity index (χ1n) is 5.16. The van der Waals surface area contributed by atoms with E-state index >= 15 is 0 Å². The van der Waals surface area contributed by atoms with Crippen molar-refractivity contribution in [2.45, 2.75) is 26.3 Å². The molecular weight excluding hydrogens is 208 g/mol. The zero-order chi connectivity index (χ0) is 12.1. The van der Waals surface area contributed by atoms with Gasteiger partial charge in [-0.15, -0.1) is 0 Å². The Labute approximate surface area is 94.0 Å². The number of anilines is 1. The Bertz CT molecular complexity index is 377. The molecule has 0 radical (unpaired) electrons. The van der Waals surface area contributed by atoms with Crippen LogP contribution in [0.15, 0.2) is 12.3 Å². The minimum atomic E-state index is -0.454. The molecular formula is C10H16N4O2. The number of nitro groups is 1. The van der Waals surface area contributed by atoms with Crippen LogP contribution in [0.1, 0.15) is 18.9 Å². The van der Waals surface area contributed by atoms with Crippen LogP contribution >= 0.6 is 0 Å². The Balaban J connectivity index is 2.86. The van der Waals surface area contributed by atoms with Crippen molar-refractivity contribution in [2.75, 3.05) is 11.9 Å². The van der Waals surface area contributed by atoms with Gasteiger partial charge in [0, 0.05) is 18.7 Å². The number of nitrogens with zero attached hydrogens (tertiary/aromatic N) is 2. The van der Waals surface area contributed by atoms with Crippen molar-refractivity contribution in [3.63, 3.8) is 0 Å². The summed E-state index contributed by atoms with van der Waals surface area (Å²) in [5.74, 6) is 0.655. The van der Waals surface area contributed by atoms with E-state index in [0.29, 0.717) is 12.4 Å². The highest BCUT2D eigenvalue weighted by molar-refractivity contribution is 5.48. The molecule has 1 heterocycles. The topological polar surface area (TPSA) is 94.1 Å². The van der Waals surface area contributed by atoms with Gasteiger partial charge in [0.25, 0.3) is 5.69 Å². The van der Waals surface area contributed by atoms with Gasteiger partial charge in [0.2, 0.25) is 0 Å². The summed E-state index contributed by atoms with van der Waals surface area (Å²) in [5.41, 5.74) is 6.32. The average Bonchev–Trinajstić information content (AvgIpc) is 2.27. The largest absolute Gasteiger partial charge is 0.366 e. The van der Waals surface area contributed by atoms with Crippen LogP contribution in [-0.2, 0) is 0 Å². The van der Waals surface area contributed by atoms with E-state index in [1.165, 1.54) is 12.3 Å². The van der Waals surface area contributed by atoms with Gasteiger partial charge in [0.05, 0.1) is 4.92 Å². The van der Waals surface area contributed by atoms with Crippen molar-refractivity contribution < 1.29 is 4.92 Å². The van der Waals surface area contributed by atoms with E-state index in [2.05, 4.69) is 10.3 Å². The monoisotopic (exact) mass is 224 g/mol. The van der Waals surface area contributed by atoms with E-state index in [1.807, 2.05) is 6.92 Å². The second-order valence-corrected chi connectivity index (χ2v) is 3.60. The fourth-order valence-electron chi connectivity index (χ4n) is 1.33. The Hall–Kier alpha value is -1.69. The minimum absolute atomic E-state index is 0.00356. The van der Waals surface area contributed by atoms with Gasteiger partial charge in [-0.1, -0.05) is 6.92 Å². The van der Waals surface area contributed by atoms with E-state index in [0.717, 1.165) is 12.0 Å². The maximum absolute atomic E-state index is 10.5. The number of aryl methyl sites for hydroxylation is 1. The summed E-state index contributed by atoms with van der Waals surface area (Å²) in [6.07, 6.45) is 2.13. The van der Waals surface area contributed by atoms with Crippen LogP contribution in [0.5, 0.6) is 0 Å². The maximum atomic E-state index is 10.5. The van der Waals surface area contributed by atoms with E-state index < -0.39 is 4.92 Å². The molecule has 1 unspecified atom stereocenters. The Morgan fingerprint density at radius 3 is 2.81 bits per heavy atom. The lowest BCUT2D eigenvalue weighted by molar-refractivity contribution is -0.385. The van der Waals surface area contributed by atoms with Crippen molar-refractivity contribution in [1.29, 1.82) is 0 Å². The van der Waals surface area contributed by atoms with E-state index in [1.54, 1.807) is 6.92 Å². The minimum Gasteiger partial charge on any atom is -0.366 e. The van der Waals surface area contributed by atoms with Crippen LogP contribution in [0.25, 0.3) is 0 Å². The molecule has 0 aliphatic carbocycles. The van der Waals surface area contributed by atoms with Gasteiger partial charge in [-0.3, -0.25) is 10.1 Å². The predicted octanol–water partition coefficient (Wildman–Crippen LogP) is 1.45. The molecule has 88 valence electrons. The first kappa shape index (κ1) is 12.4. The van der Waals surface area contributed by atoms with Crippen molar-refractivity contribution >= 4 is 11.5 Å². The summed E-state index contributed by atoms with van der Waals surface area (Å²) in [6, 6.07) is 1.64. The van der Waals surface area contributed by atoms with Crippen LogP contribution < -0.4 is 11.1 Å². The van der Waals surface area contributed by atoms with Crippen molar-refractivity contribution in [3.8, 4) is 0 Å². The Kier molecular flexibility index (Phi) is 4.19. The number of aromatic nitrogens is 1. The molecule has 1 atom stereocenters. The van der Waals surface area contributed by atoms with Crippen LogP contribution in [0.3, 0.4) is 0 Å². The molecule has 0 aliphatic rings. The molecule has 1 aromatic rings. The number of nitrogens with two attached hydrogens (primary N) is 1. The van der Waals surface area contributed by atoms with Crippen LogP contribution in [0.4, 0.5) is 11.5 Å². The van der Waals surface area contributed by atoms with Crippen LogP contribution in [0, 0.1) is 17.0 Å². The third kappa shape index (κ3) is 2.90. The fraction of sp³-hybridized carbons (Fsp3) is 0.500. The van der Waals surface area contributed by atoms with Gasteiger partial charge >= 0.3 is 0 Å². The molecule has 0 spiro atoms. The summed E-state index contributed by atoms with van der Waals surface area (Å²) >= 11 is 0. The summed E-state index contributed by atoms with van der Waals surface area (Å²) < 4.78 is 0. The van der Waals surface area contributed by atoms with Crippen molar-refractivity contribution in [3.05, 3.63) is 27.9 Å². The van der Waals surface area contributed by atoms with Crippen LogP contribution in [-0.4, -0.2) is 22.5 Å². The summed E-state index contributed by atoms with van der Waals surface area (Å²) in [6.45, 7) is 4.31.